The summed E-state index contributed by atoms with van der Waals surface area (Å²) in [5, 5.41) is 12.8. The smallest absolute Gasteiger partial charge is 0.221 e. The van der Waals surface area contributed by atoms with Gasteiger partial charge >= 0.3 is 0 Å². The molecule has 2 N–H and O–H groups in total. The quantitative estimate of drug-likeness (QED) is 0.686. The SMILES string of the molecule is CC(=O)Nc1cc(O)c2c(c1)Cc1ccccc1-2. The summed E-state index contributed by atoms with van der Waals surface area (Å²) in [6.45, 7) is 1.46. The minimum atomic E-state index is -0.134. The lowest BCUT2D eigenvalue weighted by Gasteiger charge is -2.08. The van der Waals surface area contributed by atoms with Crippen molar-refractivity contribution in [2.75, 3.05) is 5.32 Å². The van der Waals surface area contributed by atoms with Crippen LogP contribution in [0.25, 0.3) is 11.1 Å². The molecule has 1 amide bonds. The van der Waals surface area contributed by atoms with E-state index < -0.39 is 0 Å². The van der Waals surface area contributed by atoms with E-state index in [1.807, 2.05) is 24.3 Å². The van der Waals surface area contributed by atoms with Crippen LogP contribution in [0.4, 0.5) is 5.69 Å². The second kappa shape index (κ2) is 3.88. The second-order valence-electron chi connectivity index (χ2n) is 4.54. The number of benzene rings is 2. The van der Waals surface area contributed by atoms with Crippen LogP contribution in [0.1, 0.15) is 18.1 Å². The number of carbonyl (C=O) groups is 1. The number of phenols is 1. The predicted molar refractivity (Wildman–Crippen MR) is 70.7 cm³/mol. The van der Waals surface area contributed by atoms with Crippen molar-refractivity contribution < 1.29 is 9.90 Å². The van der Waals surface area contributed by atoms with Gasteiger partial charge in [-0.15, -0.1) is 0 Å². The molecule has 3 heteroatoms. The Hall–Kier alpha value is -2.29. The molecular formula is C15H13NO2. The zero-order valence-corrected chi connectivity index (χ0v) is 10.0. The maximum Gasteiger partial charge on any atom is 0.221 e. The van der Waals surface area contributed by atoms with E-state index in [4.69, 9.17) is 0 Å². The molecule has 1 aliphatic carbocycles. The van der Waals surface area contributed by atoms with Crippen LogP contribution in [-0.2, 0) is 11.2 Å². The summed E-state index contributed by atoms with van der Waals surface area (Å²) in [6.07, 6.45) is 0.798. The molecule has 1 aliphatic rings. The van der Waals surface area contributed by atoms with Gasteiger partial charge in [0.1, 0.15) is 5.75 Å². The molecule has 0 heterocycles. The highest BCUT2D eigenvalue weighted by atomic mass is 16.3. The zero-order valence-electron chi connectivity index (χ0n) is 10.0. The Kier molecular flexibility index (Phi) is 2.33. The van der Waals surface area contributed by atoms with E-state index in [9.17, 15) is 9.90 Å². The minimum Gasteiger partial charge on any atom is -0.507 e. The summed E-state index contributed by atoms with van der Waals surface area (Å²) in [7, 11) is 0. The summed E-state index contributed by atoms with van der Waals surface area (Å²) in [5.41, 5.74) is 4.88. The maximum atomic E-state index is 11.1. The fraction of sp³-hybridized carbons (Fsp3) is 0.133. The van der Waals surface area contributed by atoms with Gasteiger partial charge in [0.05, 0.1) is 0 Å². The predicted octanol–water partition coefficient (Wildman–Crippen LogP) is 2.92. The molecule has 0 unspecified atom stereocenters. The number of hydrogen-bond acceptors (Lipinski definition) is 2. The molecular weight excluding hydrogens is 226 g/mol. The van der Waals surface area contributed by atoms with Crippen LogP contribution in [0.15, 0.2) is 36.4 Å². The minimum absolute atomic E-state index is 0.134. The van der Waals surface area contributed by atoms with Crippen molar-refractivity contribution in [3.05, 3.63) is 47.5 Å². The number of nitrogens with one attached hydrogen (secondary N) is 1. The number of anilines is 1. The summed E-state index contributed by atoms with van der Waals surface area (Å²) in [4.78, 5) is 11.1. The number of rotatable bonds is 1. The van der Waals surface area contributed by atoms with Crippen LogP contribution >= 0.6 is 0 Å². The third kappa shape index (κ3) is 1.64. The van der Waals surface area contributed by atoms with Crippen molar-refractivity contribution in [2.24, 2.45) is 0 Å². The molecule has 0 spiro atoms. The summed E-state index contributed by atoms with van der Waals surface area (Å²) >= 11 is 0. The largest absolute Gasteiger partial charge is 0.507 e. The van der Waals surface area contributed by atoms with Crippen LogP contribution in [0.2, 0.25) is 0 Å². The van der Waals surface area contributed by atoms with Crippen LogP contribution < -0.4 is 5.32 Å². The van der Waals surface area contributed by atoms with Crippen molar-refractivity contribution >= 4 is 11.6 Å². The van der Waals surface area contributed by atoms with E-state index in [2.05, 4.69) is 11.4 Å². The molecule has 3 nitrogen and oxygen atoms in total. The molecule has 3 rings (SSSR count). The van der Waals surface area contributed by atoms with Gasteiger partial charge in [0.2, 0.25) is 5.91 Å². The van der Waals surface area contributed by atoms with Gasteiger partial charge in [-0.3, -0.25) is 4.79 Å². The van der Waals surface area contributed by atoms with Gasteiger partial charge < -0.3 is 10.4 Å². The Balaban J connectivity index is 2.12. The number of fused-ring (bicyclic) bond motifs is 3. The molecule has 0 bridgehead atoms. The molecule has 2 aromatic carbocycles. The Morgan fingerprint density at radius 3 is 2.78 bits per heavy atom. The van der Waals surface area contributed by atoms with Gasteiger partial charge in [0, 0.05) is 24.2 Å². The van der Waals surface area contributed by atoms with Gasteiger partial charge in [0.25, 0.3) is 0 Å². The van der Waals surface area contributed by atoms with Gasteiger partial charge in [-0.25, -0.2) is 0 Å². The first-order chi connectivity index (χ1) is 8.65. The highest BCUT2D eigenvalue weighted by molar-refractivity contribution is 5.91. The Morgan fingerprint density at radius 2 is 2.00 bits per heavy atom. The van der Waals surface area contributed by atoms with E-state index in [0.717, 1.165) is 23.1 Å². The average Bonchev–Trinajstić information content (AvgIpc) is 2.66. The fourth-order valence-electron chi connectivity index (χ4n) is 2.53. The number of aromatic hydroxyl groups is 1. The number of carbonyl (C=O) groups excluding carboxylic acids is 1. The summed E-state index contributed by atoms with van der Waals surface area (Å²) in [5.74, 6) is 0.0889. The Bertz CT molecular complexity index is 647. The molecule has 0 aliphatic heterocycles. The van der Waals surface area contributed by atoms with E-state index in [-0.39, 0.29) is 11.7 Å². The molecule has 0 saturated heterocycles. The van der Waals surface area contributed by atoms with E-state index in [0.29, 0.717) is 5.69 Å². The first-order valence-electron chi connectivity index (χ1n) is 5.87. The molecule has 90 valence electrons. The third-order valence-electron chi connectivity index (χ3n) is 3.19. The lowest BCUT2D eigenvalue weighted by atomic mass is 10.0. The van der Waals surface area contributed by atoms with Crippen molar-refractivity contribution in [3.63, 3.8) is 0 Å². The topological polar surface area (TPSA) is 49.3 Å². The second-order valence-corrected chi connectivity index (χ2v) is 4.54. The summed E-state index contributed by atoms with van der Waals surface area (Å²) in [6, 6.07) is 11.6. The Labute approximate surface area is 105 Å². The molecule has 0 atom stereocenters. The van der Waals surface area contributed by atoms with Crippen LogP contribution in [0, 0.1) is 0 Å². The van der Waals surface area contributed by atoms with Crippen LogP contribution in [-0.4, -0.2) is 11.0 Å². The number of phenolic OH excluding ortho intramolecular Hbond substituents is 1. The molecule has 0 saturated carbocycles. The first-order valence-corrected chi connectivity index (χ1v) is 5.87. The van der Waals surface area contributed by atoms with Gasteiger partial charge in [-0.1, -0.05) is 24.3 Å². The van der Waals surface area contributed by atoms with Gasteiger partial charge in [-0.2, -0.15) is 0 Å². The zero-order chi connectivity index (χ0) is 12.7. The van der Waals surface area contributed by atoms with Crippen LogP contribution in [0.3, 0.4) is 0 Å². The molecule has 18 heavy (non-hydrogen) atoms. The third-order valence-corrected chi connectivity index (χ3v) is 3.19. The average molecular weight is 239 g/mol. The Morgan fingerprint density at radius 1 is 1.22 bits per heavy atom. The lowest BCUT2D eigenvalue weighted by molar-refractivity contribution is -0.114. The maximum absolute atomic E-state index is 11.1. The van der Waals surface area contributed by atoms with Crippen molar-refractivity contribution in [1.82, 2.24) is 0 Å². The molecule has 0 aromatic heterocycles. The monoisotopic (exact) mass is 239 g/mol. The highest BCUT2D eigenvalue weighted by Gasteiger charge is 2.21. The molecule has 2 aromatic rings. The first kappa shape index (κ1) is 10.8. The standard InChI is InChI=1S/C15H13NO2/c1-9(17)16-12-7-11-6-10-4-2-3-5-13(10)15(11)14(18)8-12/h2-5,7-8,18H,6H2,1H3,(H,16,17). The lowest BCUT2D eigenvalue weighted by Crippen LogP contribution is -2.05. The van der Waals surface area contributed by atoms with E-state index in [1.165, 1.54) is 12.5 Å². The normalized spacial score (nSPS) is 11.8. The van der Waals surface area contributed by atoms with Crippen molar-refractivity contribution in [2.45, 2.75) is 13.3 Å². The molecule has 0 radical (unpaired) electrons. The van der Waals surface area contributed by atoms with E-state index >= 15 is 0 Å². The van der Waals surface area contributed by atoms with Crippen molar-refractivity contribution in [3.8, 4) is 16.9 Å². The van der Waals surface area contributed by atoms with Gasteiger partial charge in [0.15, 0.2) is 0 Å². The number of hydrogen-bond donors (Lipinski definition) is 2. The van der Waals surface area contributed by atoms with Crippen LogP contribution in [0.5, 0.6) is 5.75 Å². The summed E-state index contributed by atoms with van der Waals surface area (Å²) < 4.78 is 0. The number of amides is 1. The highest BCUT2D eigenvalue weighted by Crippen LogP contribution is 2.43. The van der Waals surface area contributed by atoms with E-state index in [1.54, 1.807) is 6.07 Å². The fourth-order valence-corrected chi connectivity index (χ4v) is 2.53. The van der Waals surface area contributed by atoms with Crippen molar-refractivity contribution in [1.29, 1.82) is 0 Å². The van der Waals surface area contributed by atoms with Gasteiger partial charge in [-0.05, 0) is 29.2 Å². The molecule has 0 fully saturated rings.